The quantitative estimate of drug-likeness (QED) is 0.739. The van der Waals surface area contributed by atoms with Gasteiger partial charge in [-0.05, 0) is 37.6 Å². The minimum absolute atomic E-state index is 0.0933. The van der Waals surface area contributed by atoms with Gasteiger partial charge in [0.1, 0.15) is 0 Å². The molecule has 4 nitrogen and oxygen atoms in total. The van der Waals surface area contributed by atoms with Crippen LogP contribution in [0.5, 0.6) is 0 Å². The maximum Gasteiger partial charge on any atom is 0.253 e. The van der Waals surface area contributed by atoms with Crippen LogP contribution in [0.2, 0.25) is 0 Å². The molecule has 0 fully saturated rings. The number of nitrogens with two attached hydrogens (primary N) is 1. The molecule has 21 heavy (non-hydrogen) atoms. The van der Waals surface area contributed by atoms with Crippen LogP contribution in [0.4, 0.5) is 11.4 Å². The molecular weight excluding hydrogens is 262 g/mol. The number of carbonyl (C=O) groups excluding carboxylic acids is 1. The SMILES string of the molecule is CCNC(=O)c1ccc(N)cc1NCc1cccc(C)c1. The lowest BCUT2D eigenvalue weighted by Crippen LogP contribution is -2.24. The Morgan fingerprint density at radius 3 is 2.71 bits per heavy atom. The Bertz CT molecular complexity index is 638. The second-order valence-electron chi connectivity index (χ2n) is 5.01. The van der Waals surface area contributed by atoms with Gasteiger partial charge in [-0.15, -0.1) is 0 Å². The van der Waals surface area contributed by atoms with E-state index in [0.717, 1.165) is 5.69 Å². The minimum Gasteiger partial charge on any atom is -0.399 e. The van der Waals surface area contributed by atoms with Gasteiger partial charge in [-0.2, -0.15) is 0 Å². The molecule has 0 aliphatic heterocycles. The van der Waals surface area contributed by atoms with Gasteiger partial charge >= 0.3 is 0 Å². The summed E-state index contributed by atoms with van der Waals surface area (Å²) >= 11 is 0. The molecule has 0 saturated carbocycles. The van der Waals surface area contributed by atoms with Crippen molar-refractivity contribution >= 4 is 17.3 Å². The van der Waals surface area contributed by atoms with Crippen LogP contribution < -0.4 is 16.4 Å². The van der Waals surface area contributed by atoms with Gasteiger partial charge in [0.05, 0.1) is 5.56 Å². The topological polar surface area (TPSA) is 67.2 Å². The molecule has 2 aromatic carbocycles. The van der Waals surface area contributed by atoms with Gasteiger partial charge in [0.2, 0.25) is 0 Å². The zero-order valence-electron chi connectivity index (χ0n) is 12.4. The van der Waals surface area contributed by atoms with Gasteiger partial charge < -0.3 is 16.4 Å². The van der Waals surface area contributed by atoms with Crippen molar-refractivity contribution in [1.82, 2.24) is 5.32 Å². The average Bonchev–Trinajstić information content (AvgIpc) is 2.45. The Hall–Kier alpha value is -2.49. The van der Waals surface area contributed by atoms with Crippen LogP contribution in [-0.2, 0) is 6.54 Å². The predicted molar refractivity (Wildman–Crippen MR) is 87.4 cm³/mol. The summed E-state index contributed by atoms with van der Waals surface area (Å²) in [5.74, 6) is -0.0933. The van der Waals surface area contributed by atoms with Gasteiger partial charge in [-0.3, -0.25) is 4.79 Å². The molecule has 110 valence electrons. The van der Waals surface area contributed by atoms with Crippen molar-refractivity contribution < 1.29 is 4.79 Å². The fraction of sp³-hybridized carbons (Fsp3) is 0.235. The van der Waals surface area contributed by atoms with E-state index in [4.69, 9.17) is 5.73 Å². The van der Waals surface area contributed by atoms with E-state index in [1.54, 1.807) is 18.2 Å². The highest BCUT2D eigenvalue weighted by molar-refractivity contribution is 6.00. The number of hydrogen-bond acceptors (Lipinski definition) is 3. The predicted octanol–water partition coefficient (Wildman–Crippen LogP) is 2.94. The van der Waals surface area contributed by atoms with E-state index in [0.29, 0.717) is 24.3 Å². The Balaban J connectivity index is 2.18. The maximum atomic E-state index is 12.1. The largest absolute Gasteiger partial charge is 0.399 e. The first kappa shape index (κ1) is 14.9. The number of amides is 1. The normalized spacial score (nSPS) is 10.2. The van der Waals surface area contributed by atoms with Crippen molar-refractivity contribution in [2.45, 2.75) is 20.4 Å². The summed E-state index contributed by atoms with van der Waals surface area (Å²) in [4.78, 5) is 12.1. The first-order valence-electron chi connectivity index (χ1n) is 7.07. The van der Waals surface area contributed by atoms with Gasteiger partial charge in [-0.1, -0.05) is 29.8 Å². The van der Waals surface area contributed by atoms with Crippen molar-refractivity contribution in [3.63, 3.8) is 0 Å². The van der Waals surface area contributed by atoms with Crippen LogP contribution in [0.15, 0.2) is 42.5 Å². The second-order valence-corrected chi connectivity index (χ2v) is 5.01. The van der Waals surface area contributed by atoms with Crippen LogP contribution in [0.3, 0.4) is 0 Å². The smallest absolute Gasteiger partial charge is 0.253 e. The van der Waals surface area contributed by atoms with Crippen LogP contribution in [0.1, 0.15) is 28.4 Å². The molecule has 0 atom stereocenters. The third-order valence-corrected chi connectivity index (χ3v) is 3.19. The molecule has 4 heteroatoms. The zero-order valence-corrected chi connectivity index (χ0v) is 12.4. The first-order chi connectivity index (χ1) is 10.1. The van der Waals surface area contributed by atoms with E-state index < -0.39 is 0 Å². The van der Waals surface area contributed by atoms with E-state index in [1.807, 2.05) is 13.0 Å². The van der Waals surface area contributed by atoms with Gasteiger partial charge in [0.25, 0.3) is 5.91 Å². The van der Waals surface area contributed by atoms with Crippen molar-refractivity contribution in [3.05, 3.63) is 59.2 Å². The van der Waals surface area contributed by atoms with Gasteiger partial charge in [0, 0.05) is 24.5 Å². The summed E-state index contributed by atoms with van der Waals surface area (Å²) in [6.07, 6.45) is 0. The highest BCUT2D eigenvalue weighted by atomic mass is 16.1. The number of anilines is 2. The minimum atomic E-state index is -0.0933. The van der Waals surface area contributed by atoms with Gasteiger partial charge in [-0.25, -0.2) is 0 Å². The second kappa shape index (κ2) is 6.79. The fourth-order valence-corrected chi connectivity index (χ4v) is 2.18. The van der Waals surface area contributed by atoms with Crippen molar-refractivity contribution in [3.8, 4) is 0 Å². The summed E-state index contributed by atoms with van der Waals surface area (Å²) in [5, 5.41) is 6.11. The summed E-state index contributed by atoms with van der Waals surface area (Å²) in [6.45, 7) is 5.21. The fourth-order valence-electron chi connectivity index (χ4n) is 2.18. The molecule has 2 aromatic rings. The zero-order chi connectivity index (χ0) is 15.2. The average molecular weight is 283 g/mol. The molecule has 0 aliphatic rings. The molecule has 4 N–H and O–H groups in total. The molecule has 0 bridgehead atoms. The lowest BCUT2D eigenvalue weighted by Gasteiger charge is -2.13. The molecule has 1 amide bonds. The number of rotatable bonds is 5. The summed E-state index contributed by atoms with van der Waals surface area (Å²) in [7, 11) is 0. The molecule has 0 unspecified atom stereocenters. The number of nitrogen functional groups attached to an aromatic ring is 1. The third-order valence-electron chi connectivity index (χ3n) is 3.19. The van der Waals surface area contributed by atoms with E-state index in [1.165, 1.54) is 11.1 Å². The van der Waals surface area contributed by atoms with E-state index in [2.05, 4.69) is 35.8 Å². The Kier molecular flexibility index (Phi) is 4.82. The monoisotopic (exact) mass is 283 g/mol. The number of aryl methyl sites for hydroxylation is 1. The summed E-state index contributed by atoms with van der Waals surface area (Å²) in [5.41, 5.74) is 10.2. The van der Waals surface area contributed by atoms with Crippen LogP contribution in [-0.4, -0.2) is 12.5 Å². The first-order valence-corrected chi connectivity index (χ1v) is 7.07. The highest BCUT2D eigenvalue weighted by Crippen LogP contribution is 2.20. The number of carbonyl (C=O) groups is 1. The molecule has 0 aromatic heterocycles. The highest BCUT2D eigenvalue weighted by Gasteiger charge is 2.10. The van der Waals surface area contributed by atoms with Crippen LogP contribution in [0, 0.1) is 6.92 Å². The van der Waals surface area contributed by atoms with E-state index in [-0.39, 0.29) is 5.91 Å². The summed E-state index contributed by atoms with van der Waals surface area (Å²) < 4.78 is 0. The van der Waals surface area contributed by atoms with Gasteiger partial charge in [0.15, 0.2) is 0 Å². The molecule has 0 aliphatic carbocycles. The third kappa shape index (κ3) is 3.99. The Morgan fingerprint density at radius 2 is 2.00 bits per heavy atom. The Labute approximate surface area is 125 Å². The molecular formula is C17H21N3O. The van der Waals surface area contributed by atoms with Crippen molar-refractivity contribution in [2.75, 3.05) is 17.6 Å². The lowest BCUT2D eigenvalue weighted by molar-refractivity contribution is 0.0956. The van der Waals surface area contributed by atoms with Crippen molar-refractivity contribution in [1.29, 1.82) is 0 Å². The number of hydrogen-bond donors (Lipinski definition) is 3. The summed E-state index contributed by atoms with van der Waals surface area (Å²) in [6, 6.07) is 13.5. The van der Waals surface area contributed by atoms with E-state index in [9.17, 15) is 4.79 Å². The molecule has 0 radical (unpaired) electrons. The van der Waals surface area contributed by atoms with E-state index >= 15 is 0 Å². The molecule has 2 rings (SSSR count). The molecule has 0 heterocycles. The molecule has 0 saturated heterocycles. The molecule has 0 spiro atoms. The van der Waals surface area contributed by atoms with Crippen molar-refractivity contribution in [2.24, 2.45) is 0 Å². The lowest BCUT2D eigenvalue weighted by atomic mass is 10.1. The maximum absolute atomic E-state index is 12.1. The Morgan fingerprint density at radius 1 is 1.19 bits per heavy atom. The standard InChI is InChI=1S/C17H21N3O/c1-3-19-17(21)15-8-7-14(18)10-16(15)20-11-13-6-4-5-12(2)9-13/h4-10,20H,3,11,18H2,1-2H3,(H,19,21). The number of nitrogens with one attached hydrogen (secondary N) is 2. The van der Waals surface area contributed by atoms with Crippen LogP contribution in [0.25, 0.3) is 0 Å². The van der Waals surface area contributed by atoms with Crippen LogP contribution >= 0.6 is 0 Å². The number of benzene rings is 2.